The van der Waals surface area contributed by atoms with Crippen molar-refractivity contribution in [2.45, 2.75) is 23.1 Å². The fourth-order valence-corrected chi connectivity index (χ4v) is 2.63. The maximum Gasteiger partial charge on any atom is 0.262 e. The molecule has 0 radical (unpaired) electrons. The van der Waals surface area contributed by atoms with Crippen LogP contribution >= 0.6 is 23.3 Å². The third-order valence-corrected chi connectivity index (χ3v) is 3.72. The molecule has 0 unspecified atom stereocenters. The van der Waals surface area contributed by atoms with Crippen LogP contribution in [0.15, 0.2) is 21.9 Å². The monoisotopic (exact) mass is 261 g/mol. The Morgan fingerprint density at radius 2 is 2.13 bits per heavy atom. The zero-order chi connectivity index (χ0) is 11.6. The van der Waals surface area contributed by atoms with E-state index in [9.17, 15) is 8.42 Å². The number of hydrogen-bond acceptors (Lipinski definition) is 4. The van der Waals surface area contributed by atoms with Crippen LogP contribution in [0.4, 0.5) is 0 Å². The minimum absolute atomic E-state index is 0.0552. The lowest BCUT2D eigenvalue weighted by Gasteiger charge is -2.06. The van der Waals surface area contributed by atoms with Gasteiger partial charge in [-0.3, -0.25) is 0 Å². The van der Waals surface area contributed by atoms with Gasteiger partial charge in [0.2, 0.25) is 0 Å². The molecule has 0 saturated carbocycles. The number of aryl methyl sites for hydroxylation is 1. The van der Waals surface area contributed by atoms with Crippen molar-refractivity contribution >= 4 is 32.4 Å². The van der Waals surface area contributed by atoms with Gasteiger partial charge in [0.05, 0.1) is 5.56 Å². The van der Waals surface area contributed by atoms with Crippen molar-refractivity contribution in [1.82, 2.24) is 0 Å². The summed E-state index contributed by atoms with van der Waals surface area (Å²) in [7, 11) is 1.30. The lowest BCUT2D eigenvalue weighted by atomic mass is 10.1. The van der Waals surface area contributed by atoms with Gasteiger partial charge < -0.3 is 0 Å². The van der Waals surface area contributed by atoms with Crippen LogP contribution in [0.5, 0.6) is 0 Å². The van der Waals surface area contributed by atoms with Crippen LogP contribution < -0.4 is 0 Å². The molecule has 0 amide bonds. The van der Waals surface area contributed by atoms with E-state index in [1.54, 1.807) is 6.07 Å². The summed E-state index contributed by atoms with van der Waals surface area (Å²) in [6, 6.07) is 4.61. The van der Waals surface area contributed by atoms with Crippen LogP contribution in [0.25, 0.3) is 0 Å². The lowest BCUT2D eigenvalue weighted by molar-refractivity contribution is 0.609. The van der Waals surface area contributed by atoms with E-state index in [1.807, 2.05) is 6.92 Å². The van der Waals surface area contributed by atoms with E-state index in [4.69, 9.17) is 15.9 Å². The van der Waals surface area contributed by atoms with E-state index < -0.39 is 9.05 Å². The summed E-state index contributed by atoms with van der Waals surface area (Å²) in [6.45, 7) is 1.89. The van der Waals surface area contributed by atoms with E-state index >= 15 is 0 Å². The van der Waals surface area contributed by atoms with Crippen LogP contribution in [0.1, 0.15) is 18.1 Å². The van der Waals surface area contributed by atoms with Gasteiger partial charge in [0, 0.05) is 15.6 Å². The molecule has 0 aliphatic rings. The molecule has 0 fully saturated rings. The van der Waals surface area contributed by atoms with Crippen LogP contribution in [0.3, 0.4) is 0 Å². The largest absolute Gasteiger partial charge is 0.262 e. The molecule has 6 heteroatoms. The van der Waals surface area contributed by atoms with Gasteiger partial charge in [-0.25, -0.2) is 8.42 Å². The summed E-state index contributed by atoms with van der Waals surface area (Å²) in [4.78, 5) is 0.338. The van der Waals surface area contributed by atoms with Crippen LogP contribution in [-0.2, 0) is 15.5 Å². The molecule has 0 aliphatic heterocycles. The summed E-state index contributed by atoms with van der Waals surface area (Å²) in [5.41, 5.74) is 0.874. The Balaban J connectivity index is 3.57. The van der Waals surface area contributed by atoms with Crippen molar-refractivity contribution in [1.29, 1.82) is 5.26 Å². The standard InChI is InChI=1S/C9H8ClNO2S2/c1-2-6-3-7(5-11)9(4-8(6)14)15(10,12)13/h3-4,14H,2H2,1H3. The first kappa shape index (κ1) is 12.4. The van der Waals surface area contributed by atoms with Crippen molar-refractivity contribution < 1.29 is 8.42 Å². The van der Waals surface area contributed by atoms with Crippen molar-refractivity contribution in [2.24, 2.45) is 0 Å². The number of halogens is 1. The minimum atomic E-state index is -3.89. The van der Waals surface area contributed by atoms with Crippen molar-refractivity contribution in [3.63, 3.8) is 0 Å². The molecule has 0 atom stereocenters. The van der Waals surface area contributed by atoms with Crippen LogP contribution in [0, 0.1) is 11.3 Å². The summed E-state index contributed by atoms with van der Waals surface area (Å²) in [5.74, 6) is 0. The Kier molecular flexibility index (Phi) is 3.66. The Labute approximate surface area is 98.5 Å². The first-order chi connectivity index (χ1) is 6.90. The second kappa shape index (κ2) is 4.44. The molecule has 0 N–H and O–H groups in total. The molecule has 0 heterocycles. The quantitative estimate of drug-likeness (QED) is 0.657. The Morgan fingerprint density at radius 3 is 2.53 bits per heavy atom. The molecule has 1 aromatic rings. The maximum absolute atomic E-state index is 11.1. The fourth-order valence-electron chi connectivity index (χ4n) is 1.19. The zero-order valence-corrected chi connectivity index (χ0v) is 10.3. The van der Waals surface area contributed by atoms with Gasteiger partial charge in [-0.2, -0.15) is 5.26 Å². The van der Waals surface area contributed by atoms with E-state index in [1.165, 1.54) is 12.1 Å². The van der Waals surface area contributed by atoms with Gasteiger partial charge in [-0.1, -0.05) is 6.92 Å². The summed E-state index contributed by atoms with van der Waals surface area (Å²) >= 11 is 4.13. The van der Waals surface area contributed by atoms with Gasteiger partial charge in [0.25, 0.3) is 9.05 Å². The molecular formula is C9H8ClNO2S2. The number of benzene rings is 1. The van der Waals surface area contributed by atoms with Crippen molar-refractivity contribution in [2.75, 3.05) is 0 Å². The molecular weight excluding hydrogens is 254 g/mol. The highest BCUT2D eigenvalue weighted by Crippen LogP contribution is 2.26. The van der Waals surface area contributed by atoms with E-state index in [0.717, 1.165) is 5.56 Å². The number of nitrogens with zero attached hydrogens (tertiary/aromatic N) is 1. The van der Waals surface area contributed by atoms with Crippen molar-refractivity contribution in [3.05, 3.63) is 23.3 Å². The van der Waals surface area contributed by atoms with Gasteiger partial charge in [-0.05, 0) is 24.1 Å². The number of thiol groups is 1. The first-order valence-corrected chi connectivity index (χ1v) is 6.86. The predicted molar refractivity (Wildman–Crippen MR) is 60.8 cm³/mol. The molecule has 0 aliphatic carbocycles. The van der Waals surface area contributed by atoms with Gasteiger partial charge in [0.1, 0.15) is 11.0 Å². The zero-order valence-electron chi connectivity index (χ0n) is 7.86. The first-order valence-electron chi connectivity index (χ1n) is 4.10. The topological polar surface area (TPSA) is 57.9 Å². The van der Waals surface area contributed by atoms with Gasteiger partial charge in [-0.15, -0.1) is 12.6 Å². The van der Waals surface area contributed by atoms with Gasteiger partial charge >= 0.3 is 0 Å². The third kappa shape index (κ3) is 2.65. The molecule has 3 nitrogen and oxygen atoms in total. The summed E-state index contributed by atoms with van der Waals surface area (Å²) in [6.07, 6.45) is 0.677. The number of nitriles is 1. The normalized spacial score (nSPS) is 11.1. The Morgan fingerprint density at radius 1 is 1.53 bits per heavy atom. The summed E-state index contributed by atoms with van der Waals surface area (Å²) < 4.78 is 22.3. The predicted octanol–water partition coefficient (Wildman–Crippen LogP) is 2.34. The average molecular weight is 262 g/mol. The van der Waals surface area contributed by atoms with E-state index in [-0.39, 0.29) is 10.5 Å². The molecule has 0 aromatic heterocycles. The molecule has 0 bridgehead atoms. The average Bonchev–Trinajstić information content (AvgIpc) is 2.16. The number of rotatable bonds is 2. The molecule has 0 spiro atoms. The van der Waals surface area contributed by atoms with E-state index in [0.29, 0.717) is 11.3 Å². The second-order valence-electron chi connectivity index (χ2n) is 2.88. The smallest absolute Gasteiger partial charge is 0.207 e. The van der Waals surface area contributed by atoms with Crippen molar-refractivity contribution in [3.8, 4) is 6.07 Å². The maximum atomic E-state index is 11.1. The molecule has 0 saturated heterocycles. The lowest BCUT2D eigenvalue weighted by Crippen LogP contribution is -1.98. The number of hydrogen-bond donors (Lipinski definition) is 1. The third-order valence-electron chi connectivity index (χ3n) is 1.94. The highest BCUT2D eigenvalue weighted by Gasteiger charge is 2.17. The Bertz CT molecular complexity index is 532. The van der Waals surface area contributed by atoms with Gasteiger partial charge in [0.15, 0.2) is 0 Å². The fraction of sp³-hybridized carbons (Fsp3) is 0.222. The highest BCUT2D eigenvalue weighted by atomic mass is 35.7. The molecule has 80 valence electrons. The SMILES string of the molecule is CCc1cc(C#N)c(S(=O)(=O)Cl)cc1S. The second-order valence-corrected chi connectivity index (χ2v) is 5.90. The Hall–Kier alpha value is -0.700. The molecule has 15 heavy (non-hydrogen) atoms. The van der Waals surface area contributed by atoms with E-state index in [2.05, 4.69) is 12.6 Å². The molecule has 1 aromatic carbocycles. The highest BCUT2D eigenvalue weighted by molar-refractivity contribution is 8.13. The summed E-state index contributed by atoms with van der Waals surface area (Å²) in [5, 5.41) is 8.79. The minimum Gasteiger partial charge on any atom is -0.207 e. The van der Waals surface area contributed by atoms with Crippen LogP contribution in [0.2, 0.25) is 0 Å². The van der Waals surface area contributed by atoms with Crippen LogP contribution in [-0.4, -0.2) is 8.42 Å². The molecule has 1 rings (SSSR count).